The van der Waals surface area contributed by atoms with Crippen LogP contribution in [0.5, 0.6) is 11.5 Å². The summed E-state index contributed by atoms with van der Waals surface area (Å²) in [6, 6.07) is 13.4. The molecular weight excluding hydrogens is 789 g/mol. The standard InChI is InChI=1S/C44H58N6O9S/c1-7-60(56,57)49(5)27-38(43(2,3)4)47-42(55)46-33-19-15-10-8-9-14-18-29-25-44(29,41(53)54)48-39(51)36-23-31(26-50(36)40(33)52)59-37-24-34(28-16-12-11-13-17-28)45-35-22-30(58-6)20-21-32(35)37/h11-14,16-18,20-22,24,29,31,33,36,38H,7-10,15,19,23,25-27H2,1-6H3,(H,48,51)(H,53,54)(H2,46,47,55)/b18-14-/t29?,31-,33+,36+,38-,44-/m1/s1. The van der Waals surface area contributed by atoms with E-state index in [1.54, 1.807) is 20.1 Å². The third-order valence-electron chi connectivity index (χ3n) is 11.9. The zero-order chi connectivity index (χ0) is 43.4. The number of aliphatic carboxylic acids is 1. The zero-order valence-corrected chi connectivity index (χ0v) is 36.1. The summed E-state index contributed by atoms with van der Waals surface area (Å²) in [6.07, 6.45) is 6.47. The number of likely N-dealkylation sites (N-methyl/N-ethyl adjacent to an activating group) is 1. The van der Waals surface area contributed by atoms with E-state index < -0.39 is 74.9 Å². The average Bonchev–Trinajstić information content (AvgIpc) is 3.75. The van der Waals surface area contributed by atoms with Crippen LogP contribution in [0, 0.1) is 11.3 Å². The second-order valence-corrected chi connectivity index (χ2v) is 19.5. The van der Waals surface area contributed by atoms with Gasteiger partial charge in [-0.1, -0.05) is 76.1 Å². The van der Waals surface area contributed by atoms with Crippen molar-refractivity contribution in [3.8, 4) is 22.8 Å². The molecule has 1 saturated heterocycles. The lowest BCUT2D eigenvalue weighted by atomic mass is 9.87. The summed E-state index contributed by atoms with van der Waals surface area (Å²) in [6.45, 7) is 7.22. The van der Waals surface area contributed by atoms with Crippen LogP contribution < -0.4 is 25.4 Å². The Labute approximate surface area is 352 Å². The van der Waals surface area contributed by atoms with Crippen LogP contribution >= 0.6 is 0 Å². The van der Waals surface area contributed by atoms with E-state index in [0.29, 0.717) is 40.9 Å². The molecule has 1 unspecified atom stereocenters. The van der Waals surface area contributed by atoms with Crippen molar-refractivity contribution in [1.82, 2.24) is 30.1 Å². The van der Waals surface area contributed by atoms with Crippen LogP contribution in [0.3, 0.4) is 0 Å². The molecule has 0 spiro atoms. The van der Waals surface area contributed by atoms with Crippen molar-refractivity contribution in [3.05, 3.63) is 66.7 Å². The molecule has 1 saturated carbocycles. The lowest BCUT2D eigenvalue weighted by Crippen LogP contribution is -2.59. The summed E-state index contributed by atoms with van der Waals surface area (Å²) in [7, 11) is -0.498. The fourth-order valence-corrected chi connectivity index (χ4v) is 8.79. The first kappa shape index (κ1) is 44.3. The van der Waals surface area contributed by atoms with E-state index in [0.717, 1.165) is 18.4 Å². The highest BCUT2D eigenvalue weighted by molar-refractivity contribution is 7.89. The molecule has 6 atom stereocenters. The van der Waals surface area contributed by atoms with Gasteiger partial charge in [-0.2, -0.15) is 0 Å². The maximum atomic E-state index is 14.8. The summed E-state index contributed by atoms with van der Waals surface area (Å²) >= 11 is 0. The minimum atomic E-state index is -3.54. The highest BCUT2D eigenvalue weighted by Gasteiger charge is 2.61. The van der Waals surface area contributed by atoms with Gasteiger partial charge in [0.15, 0.2) is 0 Å². The van der Waals surface area contributed by atoms with Crippen molar-refractivity contribution in [1.29, 1.82) is 0 Å². The van der Waals surface area contributed by atoms with Crippen molar-refractivity contribution in [2.45, 2.75) is 102 Å². The summed E-state index contributed by atoms with van der Waals surface area (Å²) in [4.78, 5) is 61.9. The summed E-state index contributed by atoms with van der Waals surface area (Å²) in [5.41, 5.74) is 0.0644. The summed E-state index contributed by atoms with van der Waals surface area (Å²) in [5, 5.41) is 19.6. The second-order valence-electron chi connectivity index (χ2n) is 17.1. The van der Waals surface area contributed by atoms with Crippen molar-refractivity contribution in [2.24, 2.45) is 11.3 Å². The van der Waals surface area contributed by atoms with Crippen LogP contribution in [-0.2, 0) is 24.4 Å². The number of ether oxygens (including phenoxy) is 2. The Morgan fingerprint density at radius 1 is 1.10 bits per heavy atom. The fraction of sp³-hybridized carbons (Fsp3) is 0.523. The molecule has 2 aliphatic heterocycles. The number of nitrogens with one attached hydrogen (secondary N) is 3. The third-order valence-corrected chi connectivity index (χ3v) is 13.7. The largest absolute Gasteiger partial charge is 0.497 e. The lowest BCUT2D eigenvalue weighted by Gasteiger charge is -2.35. The number of hydrogen-bond acceptors (Lipinski definition) is 9. The van der Waals surface area contributed by atoms with Gasteiger partial charge >= 0.3 is 12.0 Å². The first-order valence-electron chi connectivity index (χ1n) is 20.7. The normalized spacial score (nSPS) is 24.9. The number of aromatic nitrogens is 1. The van der Waals surface area contributed by atoms with Crippen LogP contribution in [0.2, 0.25) is 0 Å². The van der Waals surface area contributed by atoms with E-state index in [9.17, 15) is 32.7 Å². The van der Waals surface area contributed by atoms with Crippen LogP contribution in [0.15, 0.2) is 66.7 Å². The Balaban J connectivity index is 1.32. The molecular formula is C44H58N6O9S. The number of pyridine rings is 1. The van der Waals surface area contributed by atoms with Gasteiger partial charge in [-0.25, -0.2) is 27.3 Å². The molecule has 15 nitrogen and oxygen atoms in total. The molecule has 3 aliphatic rings. The number of amides is 4. The number of sulfonamides is 1. The summed E-state index contributed by atoms with van der Waals surface area (Å²) < 4.78 is 38.7. The smallest absolute Gasteiger partial charge is 0.330 e. The van der Waals surface area contributed by atoms with Crippen molar-refractivity contribution in [2.75, 3.05) is 33.0 Å². The van der Waals surface area contributed by atoms with Gasteiger partial charge in [0, 0.05) is 55.1 Å². The highest BCUT2D eigenvalue weighted by atomic mass is 32.2. The number of benzene rings is 2. The molecule has 2 aromatic carbocycles. The molecule has 16 heteroatoms. The van der Waals surface area contributed by atoms with E-state index in [1.807, 2.05) is 81.5 Å². The Bertz CT molecular complexity index is 2210. The number of fused-ring (bicyclic) bond motifs is 3. The van der Waals surface area contributed by atoms with Crippen LogP contribution in [0.4, 0.5) is 4.79 Å². The molecule has 1 aromatic heterocycles. The molecule has 1 aliphatic carbocycles. The lowest BCUT2D eigenvalue weighted by molar-refractivity contribution is -0.145. The van der Waals surface area contributed by atoms with Crippen LogP contribution in [0.25, 0.3) is 22.2 Å². The Hall–Kier alpha value is -5.22. The predicted molar refractivity (Wildman–Crippen MR) is 228 cm³/mol. The highest BCUT2D eigenvalue weighted by Crippen LogP contribution is 2.45. The van der Waals surface area contributed by atoms with Gasteiger partial charge in [0.2, 0.25) is 21.8 Å². The SMILES string of the molecule is CCS(=O)(=O)N(C)C[C@@H](NC(=O)N[C@H]1CCCCC/C=C\C2C[C@@]2(C(=O)O)NC(=O)[C@@H]2C[C@@H](Oc3cc(-c4ccccc4)nc4cc(OC)ccc34)CN2C1=O)C(C)(C)C. The van der Waals surface area contributed by atoms with Crippen molar-refractivity contribution >= 4 is 44.7 Å². The Morgan fingerprint density at radius 2 is 1.85 bits per heavy atom. The van der Waals surface area contributed by atoms with Crippen molar-refractivity contribution < 1.29 is 42.2 Å². The first-order valence-corrected chi connectivity index (χ1v) is 22.3. The maximum absolute atomic E-state index is 14.8. The maximum Gasteiger partial charge on any atom is 0.330 e. The fourth-order valence-electron chi connectivity index (χ4n) is 7.97. The number of methoxy groups -OCH3 is 1. The first-order chi connectivity index (χ1) is 28.4. The number of carboxylic acids is 1. The minimum Gasteiger partial charge on any atom is -0.497 e. The van der Waals surface area contributed by atoms with Crippen LogP contribution in [-0.4, -0.2) is 114 Å². The summed E-state index contributed by atoms with van der Waals surface area (Å²) in [5.74, 6) is -1.67. The van der Waals surface area contributed by atoms with Gasteiger partial charge in [0.25, 0.3) is 0 Å². The van der Waals surface area contributed by atoms with Gasteiger partial charge in [-0.05, 0) is 50.2 Å². The van der Waals surface area contributed by atoms with E-state index in [1.165, 1.54) is 16.3 Å². The number of urea groups is 1. The predicted octanol–water partition coefficient (Wildman–Crippen LogP) is 5.10. The number of allylic oxidation sites excluding steroid dienone is 1. The zero-order valence-electron chi connectivity index (χ0n) is 35.3. The molecule has 3 aromatic rings. The van der Waals surface area contributed by atoms with E-state index in [-0.39, 0.29) is 38.1 Å². The topological polar surface area (TPSA) is 197 Å². The molecule has 4 N–H and O–H groups in total. The number of carboxylic acid groups (broad SMARTS) is 1. The Kier molecular flexibility index (Phi) is 13.4. The van der Waals surface area contributed by atoms with Gasteiger partial charge in [-0.3, -0.25) is 9.59 Å². The number of carbonyl (C=O) groups is 4. The number of nitrogens with zero attached hydrogens (tertiary/aromatic N) is 3. The number of carbonyl (C=O) groups excluding carboxylic acids is 3. The van der Waals surface area contributed by atoms with Crippen molar-refractivity contribution in [3.63, 3.8) is 0 Å². The van der Waals surface area contributed by atoms with Gasteiger partial charge in [0.1, 0.15) is 35.2 Å². The van der Waals surface area contributed by atoms with E-state index in [2.05, 4.69) is 16.0 Å². The molecule has 0 bridgehead atoms. The molecule has 6 rings (SSSR count). The van der Waals surface area contributed by atoms with Crippen LogP contribution in [0.1, 0.15) is 72.6 Å². The van der Waals surface area contributed by atoms with Gasteiger partial charge in [-0.15, -0.1) is 0 Å². The monoisotopic (exact) mass is 846 g/mol. The Morgan fingerprint density at radius 3 is 2.53 bits per heavy atom. The molecule has 3 heterocycles. The molecule has 324 valence electrons. The molecule has 0 radical (unpaired) electrons. The number of hydrogen-bond donors (Lipinski definition) is 4. The second kappa shape index (κ2) is 18.2. The van der Waals surface area contributed by atoms with Gasteiger partial charge < -0.3 is 35.4 Å². The van der Waals surface area contributed by atoms with E-state index in [4.69, 9.17) is 14.5 Å². The third kappa shape index (κ3) is 10.0. The molecule has 2 fully saturated rings. The average molecular weight is 847 g/mol. The van der Waals surface area contributed by atoms with Gasteiger partial charge in [0.05, 0.1) is 30.6 Å². The molecule has 60 heavy (non-hydrogen) atoms. The minimum absolute atomic E-state index is 0.0153. The quantitative estimate of drug-likeness (QED) is 0.189. The number of rotatable bonds is 11. The molecule has 4 amide bonds. The van der Waals surface area contributed by atoms with E-state index >= 15 is 0 Å².